The summed E-state index contributed by atoms with van der Waals surface area (Å²) < 4.78 is 13.5. The van der Waals surface area contributed by atoms with E-state index >= 15 is 0 Å². The van der Waals surface area contributed by atoms with Crippen molar-refractivity contribution in [3.05, 3.63) is 35.1 Å². The van der Waals surface area contributed by atoms with Crippen molar-refractivity contribution in [2.75, 3.05) is 13.6 Å². The van der Waals surface area contributed by atoms with Crippen LogP contribution < -0.4 is 5.32 Å². The molecule has 2 bridgehead atoms. The van der Waals surface area contributed by atoms with Gasteiger partial charge >= 0.3 is 0 Å². The van der Waals surface area contributed by atoms with Gasteiger partial charge in [0.2, 0.25) is 0 Å². The molecule has 3 saturated carbocycles. The standard InChI is InChI=1S/C14H18FN/c1-10-11(4-3-5-12(10)15)14-6-13(7-14,8-14)9-16-2/h3-5,16H,6-9H2,1-2H3. The molecule has 0 atom stereocenters. The molecule has 0 saturated heterocycles. The van der Waals surface area contributed by atoms with Gasteiger partial charge in [-0.15, -0.1) is 0 Å². The Bertz CT molecular complexity index is 419. The minimum atomic E-state index is -0.0510. The van der Waals surface area contributed by atoms with Gasteiger partial charge in [0, 0.05) is 6.54 Å². The predicted molar refractivity (Wildman–Crippen MR) is 63.0 cm³/mol. The fraction of sp³-hybridized carbons (Fsp3) is 0.571. The van der Waals surface area contributed by atoms with E-state index in [9.17, 15) is 4.39 Å². The highest BCUT2D eigenvalue weighted by molar-refractivity contribution is 5.43. The Kier molecular flexibility index (Phi) is 1.97. The Balaban J connectivity index is 1.85. The molecule has 86 valence electrons. The predicted octanol–water partition coefficient (Wildman–Crippen LogP) is 2.78. The van der Waals surface area contributed by atoms with Crippen LogP contribution in [0.15, 0.2) is 18.2 Å². The number of nitrogens with one attached hydrogen (secondary N) is 1. The van der Waals surface area contributed by atoms with Crippen LogP contribution in [0.5, 0.6) is 0 Å². The molecule has 1 N–H and O–H groups in total. The van der Waals surface area contributed by atoms with Crippen LogP contribution in [0, 0.1) is 18.2 Å². The number of benzene rings is 1. The molecule has 4 rings (SSSR count). The second-order valence-electron chi connectivity index (χ2n) is 5.75. The van der Waals surface area contributed by atoms with Gasteiger partial charge in [0.05, 0.1) is 0 Å². The minimum absolute atomic E-state index is 0.0510. The molecule has 0 amide bonds. The number of rotatable bonds is 3. The van der Waals surface area contributed by atoms with Crippen LogP contribution in [-0.2, 0) is 5.41 Å². The van der Waals surface area contributed by atoms with Crippen molar-refractivity contribution >= 4 is 0 Å². The fourth-order valence-electron chi connectivity index (χ4n) is 4.03. The lowest BCUT2D eigenvalue weighted by Crippen LogP contribution is -2.67. The summed E-state index contributed by atoms with van der Waals surface area (Å²) in [5.41, 5.74) is 2.97. The molecule has 3 aliphatic rings. The quantitative estimate of drug-likeness (QED) is 0.824. The van der Waals surface area contributed by atoms with Gasteiger partial charge in [0.15, 0.2) is 0 Å². The smallest absolute Gasteiger partial charge is 0.126 e. The molecule has 0 spiro atoms. The van der Waals surface area contributed by atoms with Gasteiger partial charge in [-0.05, 0) is 61.3 Å². The average molecular weight is 219 g/mol. The molecule has 1 aromatic rings. The molecule has 1 aromatic carbocycles. The third kappa shape index (κ3) is 1.14. The summed E-state index contributed by atoms with van der Waals surface area (Å²) >= 11 is 0. The molecule has 16 heavy (non-hydrogen) atoms. The second-order valence-corrected chi connectivity index (χ2v) is 5.75. The number of halogens is 1. The fourth-order valence-corrected chi connectivity index (χ4v) is 4.03. The Hall–Kier alpha value is -0.890. The molecule has 0 aromatic heterocycles. The first-order valence-corrected chi connectivity index (χ1v) is 6.01. The van der Waals surface area contributed by atoms with Crippen molar-refractivity contribution in [2.24, 2.45) is 5.41 Å². The van der Waals surface area contributed by atoms with Crippen LogP contribution in [0.1, 0.15) is 30.4 Å². The molecule has 0 unspecified atom stereocenters. The van der Waals surface area contributed by atoms with E-state index < -0.39 is 0 Å². The summed E-state index contributed by atoms with van der Waals surface area (Å²) in [7, 11) is 2.01. The highest BCUT2D eigenvalue weighted by Crippen LogP contribution is 2.73. The van der Waals surface area contributed by atoms with E-state index in [4.69, 9.17) is 0 Å². The van der Waals surface area contributed by atoms with Crippen molar-refractivity contribution in [2.45, 2.75) is 31.6 Å². The summed E-state index contributed by atoms with van der Waals surface area (Å²) in [5.74, 6) is -0.0510. The molecule has 2 heteroatoms. The zero-order valence-corrected chi connectivity index (χ0v) is 9.94. The van der Waals surface area contributed by atoms with E-state index in [0.29, 0.717) is 10.8 Å². The van der Waals surface area contributed by atoms with E-state index in [1.54, 1.807) is 6.07 Å². The van der Waals surface area contributed by atoms with E-state index in [1.165, 1.54) is 24.8 Å². The monoisotopic (exact) mass is 219 g/mol. The molecular formula is C14H18FN. The Morgan fingerprint density at radius 3 is 2.62 bits per heavy atom. The number of hydrogen-bond acceptors (Lipinski definition) is 1. The molecule has 0 aliphatic heterocycles. The first-order chi connectivity index (χ1) is 7.61. The topological polar surface area (TPSA) is 12.0 Å². The molecule has 3 fully saturated rings. The molecule has 3 aliphatic carbocycles. The van der Waals surface area contributed by atoms with Crippen molar-refractivity contribution in [3.8, 4) is 0 Å². The van der Waals surface area contributed by atoms with E-state index in [1.807, 2.05) is 20.0 Å². The molecule has 0 heterocycles. The summed E-state index contributed by atoms with van der Waals surface area (Å²) in [6.07, 6.45) is 3.72. The van der Waals surface area contributed by atoms with E-state index in [2.05, 4.69) is 11.4 Å². The Morgan fingerprint density at radius 2 is 2.00 bits per heavy atom. The lowest BCUT2D eigenvalue weighted by molar-refractivity contribution is -0.137. The van der Waals surface area contributed by atoms with Crippen LogP contribution in [0.3, 0.4) is 0 Å². The van der Waals surface area contributed by atoms with Gasteiger partial charge in [-0.1, -0.05) is 12.1 Å². The maximum Gasteiger partial charge on any atom is 0.126 e. The summed E-state index contributed by atoms with van der Waals surface area (Å²) in [6.45, 7) is 3.03. The summed E-state index contributed by atoms with van der Waals surface area (Å²) in [6, 6.07) is 5.53. The lowest BCUT2D eigenvalue weighted by Gasteiger charge is -2.71. The van der Waals surface area contributed by atoms with Gasteiger partial charge in [0.25, 0.3) is 0 Å². The average Bonchev–Trinajstić information content (AvgIpc) is 2.14. The van der Waals surface area contributed by atoms with Crippen LogP contribution in [-0.4, -0.2) is 13.6 Å². The van der Waals surface area contributed by atoms with Crippen molar-refractivity contribution in [1.29, 1.82) is 0 Å². The maximum absolute atomic E-state index is 13.5. The van der Waals surface area contributed by atoms with Crippen molar-refractivity contribution in [1.82, 2.24) is 5.32 Å². The van der Waals surface area contributed by atoms with Gasteiger partial charge in [-0.2, -0.15) is 0 Å². The maximum atomic E-state index is 13.5. The van der Waals surface area contributed by atoms with Crippen LogP contribution in [0.25, 0.3) is 0 Å². The van der Waals surface area contributed by atoms with E-state index in [0.717, 1.165) is 12.1 Å². The molecule has 1 nitrogen and oxygen atoms in total. The molecular weight excluding hydrogens is 201 g/mol. The Labute approximate surface area is 96.1 Å². The largest absolute Gasteiger partial charge is 0.319 e. The zero-order chi connectivity index (χ0) is 11.4. The van der Waals surface area contributed by atoms with Gasteiger partial charge < -0.3 is 5.32 Å². The lowest BCUT2D eigenvalue weighted by atomic mass is 9.33. The van der Waals surface area contributed by atoms with Crippen LogP contribution in [0.4, 0.5) is 4.39 Å². The van der Waals surface area contributed by atoms with Crippen LogP contribution >= 0.6 is 0 Å². The number of hydrogen-bond donors (Lipinski definition) is 1. The Morgan fingerprint density at radius 1 is 1.31 bits per heavy atom. The normalized spacial score (nSPS) is 35.4. The third-order valence-corrected chi connectivity index (χ3v) is 4.53. The van der Waals surface area contributed by atoms with Crippen LogP contribution in [0.2, 0.25) is 0 Å². The summed E-state index contributed by atoms with van der Waals surface area (Å²) in [4.78, 5) is 0. The SMILES string of the molecule is CNCC12CC(c3cccc(F)c3C)(C1)C2. The first-order valence-electron chi connectivity index (χ1n) is 6.01. The van der Waals surface area contributed by atoms with Crippen molar-refractivity contribution in [3.63, 3.8) is 0 Å². The van der Waals surface area contributed by atoms with E-state index in [-0.39, 0.29) is 5.82 Å². The van der Waals surface area contributed by atoms with Gasteiger partial charge in [-0.25, -0.2) is 4.39 Å². The minimum Gasteiger partial charge on any atom is -0.319 e. The second kappa shape index (κ2) is 3.07. The highest BCUT2D eigenvalue weighted by Gasteiger charge is 2.67. The first kappa shape index (κ1) is 10.3. The summed E-state index contributed by atoms with van der Waals surface area (Å²) in [5, 5.41) is 3.27. The third-order valence-electron chi connectivity index (χ3n) is 4.53. The van der Waals surface area contributed by atoms with Crippen molar-refractivity contribution < 1.29 is 4.39 Å². The van der Waals surface area contributed by atoms with Gasteiger partial charge in [-0.3, -0.25) is 0 Å². The molecule has 0 radical (unpaired) electrons. The zero-order valence-electron chi connectivity index (χ0n) is 9.94. The van der Waals surface area contributed by atoms with Gasteiger partial charge in [0.1, 0.15) is 5.82 Å². The highest BCUT2D eigenvalue weighted by atomic mass is 19.1.